The molecule has 0 aromatic heterocycles. The Hall–Kier alpha value is -2.71. The Balaban J connectivity index is 1.88. The van der Waals surface area contributed by atoms with E-state index in [-0.39, 0.29) is 11.6 Å². The molecule has 3 rings (SSSR count). The third-order valence-electron chi connectivity index (χ3n) is 3.23. The molecule has 1 saturated heterocycles. The van der Waals surface area contributed by atoms with E-state index in [1.165, 1.54) is 17.2 Å². The second kappa shape index (κ2) is 6.81. The van der Waals surface area contributed by atoms with Gasteiger partial charge in [0, 0.05) is 6.07 Å². The highest BCUT2D eigenvalue weighted by Crippen LogP contribution is 2.34. The standard InChI is InChI=1S/C16H11N3O3S2/c20-15-14(10-11-6-4-5-9-13(11)19(21)22)24-16(23)18(15)17-12-7-2-1-3-8-12/h1-10,17H/b14-10+. The molecule has 1 amide bonds. The predicted molar refractivity (Wildman–Crippen MR) is 98.2 cm³/mol. The van der Waals surface area contributed by atoms with E-state index in [0.717, 1.165) is 17.4 Å². The van der Waals surface area contributed by atoms with Crippen molar-refractivity contribution in [2.45, 2.75) is 0 Å². The zero-order chi connectivity index (χ0) is 17.1. The van der Waals surface area contributed by atoms with Gasteiger partial charge in [0.25, 0.3) is 11.6 Å². The summed E-state index contributed by atoms with van der Waals surface area (Å²) in [5.41, 5.74) is 3.97. The first kappa shape index (κ1) is 16.2. The van der Waals surface area contributed by atoms with E-state index in [4.69, 9.17) is 12.2 Å². The molecule has 24 heavy (non-hydrogen) atoms. The lowest BCUT2D eigenvalue weighted by Gasteiger charge is -2.16. The smallest absolute Gasteiger partial charge is 0.285 e. The van der Waals surface area contributed by atoms with Crippen LogP contribution in [0.15, 0.2) is 59.5 Å². The van der Waals surface area contributed by atoms with Crippen LogP contribution in [0.5, 0.6) is 0 Å². The minimum Gasteiger partial charge on any atom is -0.290 e. The maximum Gasteiger partial charge on any atom is 0.285 e. The number of carbonyl (C=O) groups excluding carboxylic acids is 1. The number of nitro groups is 1. The van der Waals surface area contributed by atoms with Crippen molar-refractivity contribution in [3.05, 3.63) is 75.2 Å². The van der Waals surface area contributed by atoms with Gasteiger partial charge in [0.1, 0.15) is 0 Å². The second-order valence-corrected chi connectivity index (χ2v) is 6.49. The molecule has 0 spiro atoms. The van der Waals surface area contributed by atoms with Crippen LogP contribution in [-0.2, 0) is 4.79 Å². The van der Waals surface area contributed by atoms with Crippen molar-refractivity contribution < 1.29 is 9.72 Å². The maximum atomic E-state index is 12.5. The van der Waals surface area contributed by atoms with Crippen LogP contribution in [0, 0.1) is 10.1 Å². The quantitative estimate of drug-likeness (QED) is 0.388. The van der Waals surface area contributed by atoms with Gasteiger partial charge in [-0.05, 0) is 36.5 Å². The van der Waals surface area contributed by atoms with Gasteiger partial charge < -0.3 is 0 Å². The van der Waals surface area contributed by atoms with Crippen molar-refractivity contribution in [3.63, 3.8) is 0 Å². The van der Waals surface area contributed by atoms with Crippen LogP contribution in [0.2, 0.25) is 0 Å². The number of anilines is 1. The summed E-state index contributed by atoms with van der Waals surface area (Å²) in [4.78, 5) is 23.5. The highest BCUT2D eigenvalue weighted by atomic mass is 32.2. The molecule has 120 valence electrons. The number of hydrogen-bond acceptors (Lipinski definition) is 6. The first-order valence-corrected chi connectivity index (χ1v) is 8.12. The van der Waals surface area contributed by atoms with Gasteiger partial charge in [-0.3, -0.25) is 20.3 Å². The molecular weight excluding hydrogens is 346 g/mol. The molecule has 1 N–H and O–H groups in total. The number of nitrogens with one attached hydrogen (secondary N) is 1. The van der Waals surface area contributed by atoms with Gasteiger partial charge >= 0.3 is 0 Å². The van der Waals surface area contributed by atoms with Gasteiger partial charge in [0.15, 0.2) is 4.32 Å². The molecule has 8 heteroatoms. The molecule has 1 aliphatic heterocycles. The lowest BCUT2D eigenvalue weighted by atomic mass is 10.1. The molecular formula is C16H11N3O3S2. The first-order valence-electron chi connectivity index (χ1n) is 6.89. The highest BCUT2D eigenvalue weighted by molar-refractivity contribution is 8.26. The van der Waals surface area contributed by atoms with E-state index in [1.807, 2.05) is 30.3 Å². The number of nitro benzene ring substituents is 1. The molecule has 0 atom stereocenters. The molecule has 0 unspecified atom stereocenters. The summed E-state index contributed by atoms with van der Waals surface area (Å²) < 4.78 is 0.341. The molecule has 1 heterocycles. The van der Waals surface area contributed by atoms with Crippen molar-refractivity contribution in [2.24, 2.45) is 0 Å². The lowest BCUT2D eigenvalue weighted by molar-refractivity contribution is -0.385. The van der Waals surface area contributed by atoms with Crippen molar-refractivity contribution in [3.8, 4) is 0 Å². The van der Waals surface area contributed by atoms with Crippen LogP contribution in [0.25, 0.3) is 6.08 Å². The molecule has 2 aromatic carbocycles. The van der Waals surface area contributed by atoms with Gasteiger partial charge in [0.05, 0.1) is 21.1 Å². The Morgan fingerprint density at radius 1 is 1.12 bits per heavy atom. The molecule has 6 nitrogen and oxygen atoms in total. The van der Waals surface area contributed by atoms with Gasteiger partial charge in [-0.25, -0.2) is 5.01 Å². The minimum absolute atomic E-state index is 0.0567. The number of amides is 1. The van der Waals surface area contributed by atoms with Crippen LogP contribution in [0.4, 0.5) is 11.4 Å². The number of hydrazine groups is 1. The van der Waals surface area contributed by atoms with Crippen LogP contribution in [0.3, 0.4) is 0 Å². The number of nitrogens with zero attached hydrogens (tertiary/aromatic N) is 2. The molecule has 0 saturated carbocycles. The van der Waals surface area contributed by atoms with Crippen molar-refractivity contribution >= 4 is 51.7 Å². The normalized spacial score (nSPS) is 15.8. The summed E-state index contributed by atoms with van der Waals surface area (Å²) >= 11 is 6.33. The Bertz CT molecular complexity index is 853. The number of hydrogen-bond donors (Lipinski definition) is 1. The summed E-state index contributed by atoms with van der Waals surface area (Å²) in [6, 6.07) is 15.4. The fourth-order valence-electron chi connectivity index (χ4n) is 2.12. The van der Waals surface area contributed by atoms with Crippen LogP contribution >= 0.6 is 24.0 Å². The zero-order valence-corrected chi connectivity index (χ0v) is 13.8. The monoisotopic (exact) mass is 357 g/mol. The van der Waals surface area contributed by atoms with Gasteiger partial charge in [-0.15, -0.1) is 0 Å². The topological polar surface area (TPSA) is 75.5 Å². The number of thioether (sulfide) groups is 1. The number of para-hydroxylation sites is 2. The third-order valence-corrected chi connectivity index (χ3v) is 4.53. The van der Waals surface area contributed by atoms with E-state index < -0.39 is 4.92 Å². The van der Waals surface area contributed by atoms with E-state index in [9.17, 15) is 14.9 Å². The zero-order valence-electron chi connectivity index (χ0n) is 12.2. The summed E-state index contributed by atoms with van der Waals surface area (Å²) in [7, 11) is 0. The van der Waals surface area contributed by atoms with E-state index in [0.29, 0.717) is 14.8 Å². The van der Waals surface area contributed by atoms with Crippen LogP contribution in [0.1, 0.15) is 5.56 Å². The number of benzene rings is 2. The molecule has 1 aliphatic rings. The lowest BCUT2D eigenvalue weighted by Crippen LogP contribution is -2.33. The average molecular weight is 357 g/mol. The molecule has 2 aromatic rings. The fraction of sp³-hybridized carbons (Fsp3) is 0. The van der Waals surface area contributed by atoms with Crippen molar-refractivity contribution in [1.82, 2.24) is 5.01 Å². The van der Waals surface area contributed by atoms with E-state index in [2.05, 4.69) is 5.43 Å². The van der Waals surface area contributed by atoms with E-state index >= 15 is 0 Å². The van der Waals surface area contributed by atoms with Crippen LogP contribution < -0.4 is 5.43 Å². The largest absolute Gasteiger partial charge is 0.290 e. The Morgan fingerprint density at radius 3 is 2.50 bits per heavy atom. The fourth-order valence-corrected chi connectivity index (χ4v) is 3.29. The number of rotatable bonds is 4. The minimum atomic E-state index is -0.477. The Labute approximate surface area is 147 Å². The summed E-state index contributed by atoms with van der Waals surface area (Å²) in [6.07, 6.45) is 1.49. The maximum absolute atomic E-state index is 12.5. The molecule has 0 bridgehead atoms. The van der Waals surface area contributed by atoms with E-state index in [1.54, 1.807) is 18.2 Å². The number of thiocarbonyl (C=S) groups is 1. The van der Waals surface area contributed by atoms with Gasteiger partial charge in [-0.2, -0.15) is 0 Å². The average Bonchev–Trinajstić information content (AvgIpc) is 2.84. The number of carbonyl (C=O) groups is 1. The molecule has 0 radical (unpaired) electrons. The Morgan fingerprint density at radius 2 is 1.79 bits per heavy atom. The SMILES string of the molecule is O=C1/C(=C\c2ccccc2[N+](=O)[O-])SC(=S)N1Nc1ccccc1. The summed E-state index contributed by atoms with van der Waals surface area (Å²) in [5, 5.41) is 12.3. The van der Waals surface area contributed by atoms with Crippen molar-refractivity contribution in [2.75, 3.05) is 5.43 Å². The summed E-state index contributed by atoms with van der Waals surface area (Å²) in [6.45, 7) is 0. The van der Waals surface area contributed by atoms with Gasteiger partial charge in [-0.1, -0.05) is 42.1 Å². The summed E-state index contributed by atoms with van der Waals surface area (Å²) in [5.74, 6) is -0.341. The molecule has 0 aliphatic carbocycles. The van der Waals surface area contributed by atoms with Crippen LogP contribution in [-0.4, -0.2) is 20.2 Å². The van der Waals surface area contributed by atoms with Gasteiger partial charge in [0.2, 0.25) is 0 Å². The third kappa shape index (κ3) is 3.29. The van der Waals surface area contributed by atoms with Crippen molar-refractivity contribution in [1.29, 1.82) is 0 Å². The Kier molecular flexibility index (Phi) is 4.59. The first-order chi connectivity index (χ1) is 11.6. The molecule has 1 fully saturated rings. The predicted octanol–water partition coefficient (Wildman–Crippen LogP) is 3.82. The highest BCUT2D eigenvalue weighted by Gasteiger charge is 2.33. The second-order valence-electron chi connectivity index (χ2n) is 4.81.